The maximum atomic E-state index is 4.13. The van der Waals surface area contributed by atoms with Gasteiger partial charge in [-0.05, 0) is 84.8 Å². The molecule has 18 heavy (non-hydrogen) atoms. The molecular weight excluding hydrogens is 339 g/mol. The Labute approximate surface area is 121 Å². The average Bonchev–Trinajstić information content (AvgIpc) is 2.96. The van der Waals surface area contributed by atoms with Crippen molar-refractivity contribution >= 4 is 28.4 Å². The second-order valence-corrected chi connectivity index (χ2v) is 6.48. The van der Waals surface area contributed by atoms with Crippen LogP contribution in [0.3, 0.4) is 0 Å². The summed E-state index contributed by atoms with van der Waals surface area (Å²) in [7, 11) is 0. The lowest BCUT2D eigenvalue weighted by molar-refractivity contribution is 0.362. The monoisotopic (exact) mass is 358 g/mol. The highest BCUT2D eigenvalue weighted by atomic mass is 127. The Bertz CT molecular complexity index is 394. The third-order valence-corrected chi connectivity index (χ3v) is 4.93. The van der Waals surface area contributed by atoms with Gasteiger partial charge >= 0.3 is 0 Å². The smallest absolute Gasteiger partial charge is 0.148 e. The van der Waals surface area contributed by atoms with E-state index in [1.54, 1.807) is 0 Å². The van der Waals surface area contributed by atoms with Gasteiger partial charge in [0.2, 0.25) is 0 Å². The molecule has 2 fully saturated rings. The van der Waals surface area contributed by atoms with Crippen LogP contribution in [0.1, 0.15) is 19.3 Å². The molecule has 0 radical (unpaired) electrons. The number of anilines is 1. The van der Waals surface area contributed by atoms with Gasteiger partial charge in [-0.1, -0.05) is 0 Å². The van der Waals surface area contributed by atoms with Gasteiger partial charge in [-0.2, -0.15) is 0 Å². The van der Waals surface area contributed by atoms with Crippen LogP contribution in [-0.4, -0.2) is 29.8 Å². The molecule has 0 bridgehead atoms. The van der Waals surface area contributed by atoms with Gasteiger partial charge in [-0.3, -0.25) is 0 Å². The van der Waals surface area contributed by atoms with Crippen LogP contribution in [0.15, 0.2) is 12.1 Å². The summed E-state index contributed by atoms with van der Waals surface area (Å²) in [5, 5.41) is 15.1. The van der Waals surface area contributed by atoms with Gasteiger partial charge in [0.25, 0.3) is 0 Å². The van der Waals surface area contributed by atoms with E-state index in [1.165, 1.54) is 32.4 Å². The standard InChI is InChI=1S/C13H19IN4/c14-12-3-4-13(18-17-12)16-6-5-9-1-2-10-7-15-8-11(9)10/h3-4,9-11,15H,1-2,5-8H2,(H,16,18). The van der Waals surface area contributed by atoms with Crippen molar-refractivity contribution < 1.29 is 0 Å². The molecule has 98 valence electrons. The maximum Gasteiger partial charge on any atom is 0.148 e. The summed E-state index contributed by atoms with van der Waals surface area (Å²) < 4.78 is 0.939. The van der Waals surface area contributed by atoms with Gasteiger partial charge in [0.05, 0.1) is 0 Å². The van der Waals surface area contributed by atoms with Crippen molar-refractivity contribution in [1.82, 2.24) is 15.5 Å². The van der Waals surface area contributed by atoms with E-state index in [9.17, 15) is 0 Å². The predicted octanol–water partition coefficient (Wildman–Crippen LogP) is 2.13. The zero-order chi connectivity index (χ0) is 12.4. The van der Waals surface area contributed by atoms with Gasteiger partial charge in [-0.15, -0.1) is 10.2 Å². The Morgan fingerprint density at radius 2 is 2.22 bits per heavy atom. The molecule has 3 atom stereocenters. The van der Waals surface area contributed by atoms with Gasteiger partial charge < -0.3 is 10.6 Å². The Balaban J connectivity index is 1.46. The fraction of sp³-hybridized carbons (Fsp3) is 0.692. The van der Waals surface area contributed by atoms with E-state index in [1.807, 2.05) is 12.1 Å². The SMILES string of the molecule is Ic1ccc(NCCC2CCC3CNCC23)nn1. The minimum Gasteiger partial charge on any atom is -0.369 e. The quantitative estimate of drug-likeness (QED) is 0.810. The Hall–Kier alpha value is -0.430. The van der Waals surface area contributed by atoms with E-state index in [4.69, 9.17) is 0 Å². The fourth-order valence-corrected chi connectivity index (χ4v) is 3.71. The van der Waals surface area contributed by atoms with Crippen LogP contribution in [0.5, 0.6) is 0 Å². The predicted molar refractivity (Wildman–Crippen MR) is 80.4 cm³/mol. The minimum atomic E-state index is 0.898. The molecule has 0 aromatic carbocycles. The van der Waals surface area contributed by atoms with Crippen molar-refractivity contribution in [2.24, 2.45) is 17.8 Å². The summed E-state index contributed by atoms with van der Waals surface area (Å²) in [6, 6.07) is 3.99. The number of rotatable bonds is 4. The first-order valence-electron chi connectivity index (χ1n) is 6.77. The second kappa shape index (κ2) is 5.69. The Kier molecular flexibility index (Phi) is 3.98. The van der Waals surface area contributed by atoms with Crippen molar-refractivity contribution in [3.8, 4) is 0 Å². The molecule has 1 aliphatic heterocycles. The lowest BCUT2D eigenvalue weighted by Crippen LogP contribution is -2.19. The molecule has 1 aliphatic carbocycles. The van der Waals surface area contributed by atoms with E-state index in [-0.39, 0.29) is 0 Å². The first kappa shape index (κ1) is 12.6. The normalized spacial score (nSPS) is 30.4. The molecule has 2 N–H and O–H groups in total. The summed E-state index contributed by atoms with van der Waals surface area (Å²) >= 11 is 2.17. The molecule has 0 spiro atoms. The molecule has 2 aliphatic rings. The first-order chi connectivity index (χ1) is 8.83. The van der Waals surface area contributed by atoms with Crippen LogP contribution in [0.4, 0.5) is 5.82 Å². The van der Waals surface area contributed by atoms with Gasteiger partial charge in [0, 0.05) is 6.54 Å². The molecule has 2 heterocycles. The summed E-state index contributed by atoms with van der Waals surface area (Å²) in [5.74, 6) is 3.67. The molecule has 1 aromatic heterocycles. The number of hydrogen-bond acceptors (Lipinski definition) is 4. The lowest BCUT2D eigenvalue weighted by Gasteiger charge is -2.17. The fourth-order valence-electron chi connectivity index (χ4n) is 3.42. The number of halogens is 1. The molecule has 0 amide bonds. The highest BCUT2D eigenvalue weighted by molar-refractivity contribution is 14.1. The van der Waals surface area contributed by atoms with Crippen LogP contribution in [-0.2, 0) is 0 Å². The molecule has 5 heteroatoms. The lowest BCUT2D eigenvalue weighted by atomic mass is 9.90. The summed E-state index contributed by atoms with van der Waals surface area (Å²) in [6.07, 6.45) is 4.10. The van der Waals surface area contributed by atoms with Crippen molar-refractivity contribution in [3.05, 3.63) is 15.8 Å². The summed E-state index contributed by atoms with van der Waals surface area (Å²) in [5.41, 5.74) is 0. The molecule has 3 rings (SSSR count). The van der Waals surface area contributed by atoms with Gasteiger partial charge in [0.1, 0.15) is 9.52 Å². The number of nitrogens with zero attached hydrogens (tertiary/aromatic N) is 2. The van der Waals surface area contributed by atoms with E-state index in [2.05, 4.69) is 43.4 Å². The van der Waals surface area contributed by atoms with E-state index in [0.717, 1.165) is 33.8 Å². The van der Waals surface area contributed by atoms with Crippen LogP contribution in [0.2, 0.25) is 0 Å². The Morgan fingerprint density at radius 3 is 3.06 bits per heavy atom. The zero-order valence-corrected chi connectivity index (χ0v) is 12.6. The van der Waals surface area contributed by atoms with Crippen LogP contribution in [0.25, 0.3) is 0 Å². The molecule has 1 aromatic rings. The van der Waals surface area contributed by atoms with Crippen molar-refractivity contribution in [3.63, 3.8) is 0 Å². The third kappa shape index (κ3) is 2.77. The first-order valence-corrected chi connectivity index (χ1v) is 7.84. The zero-order valence-electron chi connectivity index (χ0n) is 10.4. The highest BCUT2D eigenvalue weighted by Gasteiger charge is 2.38. The second-order valence-electron chi connectivity index (χ2n) is 5.38. The van der Waals surface area contributed by atoms with E-state index >= 15 is 0 Å². The van der Waals surface area contributed by atoms with Crippen molar-refractivity contribution in [2.45, 2.75) is 19.3 Å². The molecule has 1 saturated carbocycles. The summed E-state index contributed by atoms with van der Waals surface area (Å²) in [4.78, 5) is 0. The molecule has 4 nitrogen and oxygen atoms in total. The average molecular weight is 358 g/mol. The molecular formula is C13H19IN4. The summed E-state index contributed by atoms with van der Waals surface area (Å²) in [6.45, 7) is 3.50. The third-order valence-electron chi connectivity index (χ3n) is 4.36. The van der Waals surface area contributed by atoms with Gasteiger partial charge in [-0.25, -0.2) is 0 Å². The number of aromatic nitrogens is 2. The number of nitrogens with one attached hydrogen (secondary N) is 2. The van der Waals surface area contributed by atoms with E-state index < -0.39 is 0 Å². The molecule has 1 saturated heterocycles. The largest absolute Gasteiger partial charge is 0.369 e. The van der Waals surface area contributed by atoms with Crippen LogP contribution in [0, 0.1) is 21.5 Å². The van der Waals surface area contributed by atoms with Crippen LogP contribution >= 0.6 is 22.6 Å². The number of fused-ring (bicyclic) bond motifs is 1. The van der Waals surface area contributed by atoms with Crippen molar-refractivity contribution in [1.29, 1.82) is 0 Å². The molecule has 3 unspecified atom stereocenters. The highest BCUT2D eigenvalue weighted by Crippen LogP contribution is 2.40. The Morgan fingerprint density at radius 1 is 1.28 bits per heavy atom. The van der Waals surface area contributed by atoms with E-state index in [0.29, 0.717) is 0 Å². The van der Waals surface area contributed by atoms with Gasteiger partial charge in [0.15, 0.2) is 0 Å². The number of hydrogen-bond donors (Lipinski definition) is 2. The maximum absolute atomic E-state index is 4.13. The topological polar surface area (TPSA) is 49.8 Å². The minimum absolute atomic E-state index is 0.898. The van der Waals surface area contributed by atoms with Crippen molar-refractivity contribution in [2.75, 3.05) is 25.0 Å². The van der Waals surface area contributed by atoms with Crippen LogP contribution < -0.4 is 10.6 Å².